The van der Waals surface area contributed by atoms with Gasteiger partial charge in [-0.25, -0.2) is 13.2 Å². The van der Waals surface area contributed by atoms with Gasteiger partial charge in [-0.3, -0.25) is 9.52 Å². The number of thiophene rings is 1. The Morgan fingerprint density at radius 1 is 1.00 bits per heavy atom. The van der Waals surface area contributed by atoms with Crippen LogP contribution in [0.4, 0.5) is 5.69 Å². The van der Waals surface area contributed by atoms with Crippen molar-refractivity contribution in [1.82, 2.24) is 5.32 Å². The van der Waals surface area contributed by atoms with Gasteiger partial charge in [0.05, 0.1) is 17.3 Å². The predicted molar refractivity (Wildman–Crippen MR) is 124 cm³/mol. The van der Waals surface area contributed by atoms with Gasteiger partial charge >= 0.3 is 5.97 Å². The second-order valence-electron chi connectivity index (χ2n) is 6.98. The van der Waals surface area contributed by atoms with Gasteiger partial charge in [-0.2, -0.15) is 0 Å². The molecule has 168 valence electrons. The van der Waals surface area contributed by atoms with Gasteiger partial charge in [-0.15, -0.1) is 11.3 Å². The van der Waals surface area contributed by atoms with E-state index < -0.39 is 28.5 Å². The van der Waals surface area contributed by atoms with E-state index in [1.807, 2.05) is 37.3 Å². The Kier molecular flexibility index (Phi) is 8.02. The summed E-state index contributed by atoms with van der Waals surface area (Å²) < 4.78 is 32.7. The molecular weight excluding hydrogens is 448 g/mol. The Morgan fingerprint density at radius 2 is 1.72 bits per heavy atom. The number of amides is 1. The van der Waals surface area contributed by atoms with E-state index in [0.29, 0.717) is 0 Å². The van der Waals surface area contributed by atoms with Gasteiger partial charge < -0.3 is 10.1 Å². The number of para-hydroxylation sites is 1. The summed E-state index contributed by atoms with van der Waals surface area (Å²) in [5.41, 5.74) is 1.08. The molecule has 0 aliphatic carbocycles. The van der Waals surface area contributed by atoms with E-state index in [0.717, 1.165) is 29.7 Å². The first-order valence-electron chi connectivity index (χ1n) is 10.1. The number of esters is 1. The van der Waals surface area contributed by atoms with Crippen LogP contribution in [0.25, 0.3) is 0 Å². The number of benzene rings is 2. The maximum absolute atomic E-state index is 12.6. The fourth-order valence-corrected chi connectivity index (χ4v) is 5.18. The third kappa shape index (κ3) is 6.18. The number of ether oxygens (including phenoxy) is 1. The molecule has 0 bridgehead atoms. The smallest absolute Gasteiger partial charge is 0.340 e. The third-order valence-corrected chi connectivity index (χ3v) is 7.36. The van der Waals surface area contributed by atoms with Crippen molar-refractivity contribution in [3.05, 3.63) is 83.2 Å². The summed E-state index contributed by atoms with van der Waals surface area (Å²) in [5, 5.41) is 4.53. The molecule has 0 spiro atoms. The number of carbonyl (C=O) groups excluding carboxylic acids is 2. The van der Waals surface area contributed by atoms with E-state index in [1.165, 1.54) is 18.2 Å². The Hall–Kier alpha value is -3.17. The van der Waals surface area contributed by atoms with Crippen LogP contribution < -0.4 is 10.0 Å². The van der Waals surface area contributed by atoms with E-state index in [4.69, 9.17) is 4.74 Å². The molecule has 7 nitrogen and oxygen atoms in total. The quantitative estimate of drug-likeness (QED) is 0.427. The first-order valence-corrected chi connectivity index (χ1v) is 12.4. The lowest BCUT2D eigenvalue weighted by Crippen LogP contribution is -2.32. The molecule has 3 aromatic rings. The van der Waals surface area contributed by atoms with Gasteiger partial charge in [0.1, 0.15) is 4.21 Å². The lowest BCUT2D eigenvalue weighted by molar-refractivity contribution is -0.125. The Labute approximate surface area is 191 Å². The number of rotatable bonds is 10. The fraction of sp³-hybridized carbons (Fsp3) is 0.217. The molecule has 9 heteroatoms. The lowest BCUT2D eigenvalue weighted by atomic mass is 10.0. The van der Waals surface area contributed by atoms with Crippen LogP contribution in [0, 0.1) is 0 Å². The van der Waals surface area contributed by atoms with E-state index in [9.17, 15) is 18.0 Å². The van der Waals surface area contributed by atoms with Gasteiger partial charge in [-0.1, -0.05) is 61.9 Å². The van der Waals surface area contributed by atoms with Crippen molar-refractivity contribution < 1.29 is 22.7 Å². The molecule has 1 heterocycles. The Morgan fingerprint density at radius 3 is 2.41 bits per heavy atom. The minimum Gasteiger partial charge on any atom is -0.452 e. The number of nitrogens with one attached hydrogen (secondary N) is 2. The van der Waals surface area contributed by atoms with E-state index in [2.05, 4.69) is 10.0 Å². The molecule has 1 unspecified atom stereocenters. The third-order valence-electron chi connectivity index (χ3n) is 4.60. The average Bonchev–Trinajstić information content (AvgIpc) is 3.34. The van der Waals surface area contributed by atoms with Crippen LogP contribution in [0.1, 0.15) is 41.7 Å². The first-order chi connectivity index (χ1) is 15.4. The molecule has 0 radical (unpaired) electrons. The first kappa shape index (κ1) is 23.5. The summed E-state index contributed by atoms with van der Waals surface area (Å²) >= 11 is 1.07. The number of hydrogen-bond donors (Lipinski definition) is 2. The summed E-state index contributed by atoms with van der Waals surface area (Å²) in [6.45, 7) is 1.55. The highest BCUT2D eigenvalue weighted by Crippen LogP contribution is 2.23. The van der Waals surface area contributed by atoms with Crippen molar-refractivity contribution in [3.63, 3.8) is 0 Å². The highest BCUT2D eigenvalue weighted by Gasteiger charge is 2.21. The molecule has 0 saturated carbocycles. The topological polar surface area (TPSA) is 102 Å². The lowest BCUT2D eigenvalue weighted by Gasteiger charge is -2.18. The van der Waals surface area contributed by atoms with Crippen LogP contribution in [-0.2, 0) is 19.6 Å². The van der Waals surface area contributed by atoms with Crippen molar-refractivity contribution in [3.8, 4) is 0 Å². The average molecular weight is 473 g/mol. The monoisotopic (exact) mass is 472 g/mol. The largest absolute Gasteiger partial charge is 0.452 e. The number of hydrogen-bond acceptors (Lipinski definition) is 6. The number of sulfonamides is 1. The SMILES string of the molecule is CCCC(NC(=O)COC(=O)c1ccccc1NS(=O)(=O)c1cccs1)c1ccccc1. The molecule has 0 aliphatic rings. The second-order valence-corrected chi connectivity index (χ2v) is 9.84. The molecule has 0 saturated heterocycles. The molecule has 2 aromatic carbocycles. The maximum Gasteiger partial charge on any atom is 0.340 e. The van der Waals surface area contributed by atoms with Crippen molar-refractivity contribution in [2.24, 2.45) is 0 Å². The maximum atomic E-state index is 12.6. The van der Waals surface area contributed by atoms with Crippen molar-refractivity contribution in [1.29, 1.82) is 0 Å². The van der Waals surface area contributed by atoms with E-state index in [-0.39, 0.29) is 21.5 Å². The van der Waals surface area contributed by atoms with Gasteiger partial charge in [0.25, 0.3) is 15.9 Å². The van der Waals surface area contributed by atoms with Crippen LogP contribution in [-0.4, -0.2) is 26.9 Å². The Bertz CT molecular complexity index is 1150. The van der Waals surface area contributed by atoms with Crippen LogP contribution in [0.2, 0.25) is 0 Å². The highest BCUT2D eigenvalue weighted by atomic mass is 32.2. The van der Waals surface area contributed by atoms with Gasteiger partial charge in [0.2, 0.25) is 0 Å². The van der Waals surface area contributed by atoms with Crippen LogP contribution in [0.3, 0.4) is 0 Å². The van der Waals surface area contributed by atoms with E-state index >= 15 is 0 Å². The summed E-state index contributed by atoms with van der Waals surface area (Å²) in [4.78, 5) is 25.0. The second kappa shape index (κ2) is 10.9. The van der Waals surface area contributed by atoms with Gasteiger partial charge in [-0.05, 0) is 35.6 Å². The highest BCUT2D eigenvalue weighted by molar-refractivity contribution is 7.94. The zero-order valence-corrected chi connectivity index (χ0v) is 19.1. The molecule has 0 fully saturated rings. The molecule has 1 aromatic heterocycles. The molecule has 2 N–H and O–H groups in total. The molecule has 32 heavy (non-hydrogen) atoms. The predicted octanol–water partition coefficient (Wildman–Crippen LogP) is 4.36. The fourth-order valence-electron chi connectivity index (χ4n) is 3.10. The van der Waals surface area contributed by atoms with Crippen LogP contribution in [0.15, 0.2) is 76.3 Å². The van der Waals surface area contributed by atoms with Crippen molar-refractivity contribution in [2.45, 2.75) is 30.0 Å². The van der Waals surface area contributed by atoms with Crippen molar-refractivity contribution in [2.75, 3.05) is 11.3 Å². The summed E-state index contributed by atoms with van der Waals surface area (Å²) in [6, 6.07) is 18.6. The zero-order chi connectivity index (χ0) is 23.0. The van der Waals surface area contributed by atoms with E-state index in [1.54, 1.807) is 23.6 Å². The number of carbonyl (C=O) groups is 2. The van der Waals surface area contributed by atoms with Crippen LogP contribution >= 0.6 is 11.3 Å². The summed E-state index contributed by atoms with van der Waals surface area (Å²) in [5.74, 6) is -1.23. The van der Waals surface area contributed by atoms with Crippen LogP contribution in [0.5, 0.6) is 0 Å². The summed E-state index contributed by atoms with van der Waals surface area (Å²) in [6.07, 6.45) is 1.62. The molecule has 3 rings (SSSR count). The van der Waals surface area contributed by atoms with Crippen molar-refractivity contribution >= 4 is 38.9 Å². The van der Waals surface area contributed by atoms with Gasteiger partial charge in [0, 0.05) is 0 Å². The molecule has 0 aliphatic heterocycles. The zero-order valence-electron chi connectivity index (χ0n) is 17.5. The number of anilines is 1. The van der Waals surface area contributed by atoms with Gasteiger partial charge in [0.15, 0.2) is 6.61 Å². The molecule has 1 atom stereocenters. The minimum atomic E-state index is -3.83. The molecular formula is C23H24N2O5S2. The summed E-state index contributed by atoms with van der Waals surface area (Å²) in [7, 11) is -3.83. The standard InChI is InChI=1S/C23H24N2O5S2/c1-2-9-19(17-10-4-3-5-11-17)24-21(26)16-30-23(27)18-12-6-7-13-20(18)25-32(28,29)22-14-8-15-31-22/h3-8,10-15,19,25H,2,9,16H2,1H3,(H,24,26). The normalized spacial score (nSPS) is 12.0. The Balaban J connectivity index is 1.64. The molecule has 1 amide bonds. The minimum absolute atomic E-state index is 0.0219.